The Morgan fingerprint density at radius 1 is 0.682 bits per heavy atom. The van der Waals surface area contributed by atoms with Crippen molar-refractivity contribution >= 4 is 11.8 Å². The summed E-state index contributed by atoms with van der Waals surface area (Å²) in [5, 5.41) is 0. The third-order valence-electron chi connectivity index (χ3n) is 8.70. The van der Waals surface area contributed by atoms with Crippen molar-refractivity contribution in [3.8, 4) is 28.4 Å². The van der Waals surface area contributed by atoms with Gasteiger partial charge in [-0.3, -0.25) is 0 Å². The molecular formula is C37H30O6S. The first-order valence-electron chi connectivity index (χ1n) is 14.5. The van der Waals surface area contributed by atoms with Gasteiger partial charge in [-0.15, -0.1) is 0 Å². The molecule has 1 spiro atoms. The Labute approximate surface area is 260 Å². The summed E-state index contributed by atoms with van der Waals surface area (Å²) in [6.45, 7) is 0.324. The predicted octanol–water partition coefficient (Wildman–Crippen LogP) is 8.42. The highest BCUT2D eigenvalue weighted by Crippen LogP contribution is 2.58. The van der Waals surface area contributed by atoms with Gasteiger partial charge in [0.2, 0.25) is 11.6 Å². The molecule has 3 heterocycles. The van der Waals surface area contributed by atoms with E-state index in [1.54, 1.807) is 33.1 Å². The number of rotatable bonds is 5. The van der Waals surface area contributed by atoms with Crippen molar-refractivity contribution < 1.29 is 28.4 Å². The topological polar surface area (TPSA) is 55.4 Å². The van der Waals surface area contributed by atoms with Crippen LogP contribution >= 0.6 is 11.8 Å². The molecule has 8 rings (SSSR count). The largest absolute Gasteiger partial charge is 0.497 e. The van der Waals surface area contributed by atoms with Gasteiger partial charge in [-0.05, 0) is 65.2 Å². The second-order valence-corrected chi connectivity index (χ2v) is 12.0. The molecule has 3 aliphatic rings. The Morgan fingerprint density at radius 3 is 2.20 bits per heavy atom. The first-order valence-corrected chi connectivity index (χ1v) is 15.3. The van der Waals surface area contributed by atoms with E-state index in [0.717, 1.165) is 48.7 Å². The standard InChI is InChI=1S/C37H30O6S/c1-38-25-17-18-32-29(21-25)37(27-13-7-9-15-31(27)42-32)41-22-33(43-37)26-19-24(23-11-5-4-6-12-23)20-30-35(26)44-34-16-10-8-14-28(34)36(30,39-2)40-3/h4-21,33H,22H2,1-3H3. The highest BCUT2D eigenvalue weighted by atomic mass is 32.2. The van der Waals surface area contributed by atoms with Crippen LogP contribution in [0, 0.1) is 0 Å². The van der Waals surface area contributed by atoms with Crippen LogP contribution in [0.2, 0.25) is 0 Å². The van der Waals surface area contributed by atoms with Gasteiger partial charge < -0.3 is 28.4 Å². The first kappa shape index (κ1) is 27.4. The van der Waals surface area contributed by atoms with Gasteiger partial charge >= 0.3 is 0 Å². The zero-order chi connectivity index (χ0) is 29.9. The molecule has 0 amide bonds. The predicted molar refractivity (Wildman–Crippen MR) is 167 cm³/mol. The Hall–Kier alpha value is -4.11. The van der Waals surface area contributed by atoms with Crippen molar-refractivity contribution in [1.29, 1.82) is 0 Å². The molecule has 2 unspecified atom stereocenters. The minimum atomic E-state index is -1.18. The number of hydrogen-bond acceptors (Lipinski definition) is 7. The van der Waals surface area contributed by atoms with Gasteiger partial charge in [-0.2, -0.15) is 0 Å². The van der Waals surface area contributed by atoms with Gasteiger partial charge in [-0.25, -0.2) is 0 Å². The van der Waals surface area contributed by atoms with Gasteiger partial charge in [0.05, 0.1) is 24.8 Å². The summed E-state index contributed by atoms with van der Waals surface area (Å²) < 4.78 is 38.4. The molecule has 3 aliphatic heterocycles. The van der Waals surface area contributed by atoms with Crippen LogP contribution in [-0.2, 0) is 30.5 Å². The number of methoxy groups -OCH3 is 3. The molecule has 1 fully saturated rings. The molecule has 1 saturated heterocycles. The molecular weight excluding hydrogens is 572 g/mol. The van der Waals surface area contributed by atoms with Crippen LogP contribution in [-0.4, -0.2) is 27.9 Å². The summed E-state index contributed by atoms with van der Waals surface area (Å²) in [5.74, 6) is -0.213. The lowest BCUT2D eigenvalue weighted by molar-refractivity contribution is -0.187. The van der Waals surface area contributed by atoms with E-state index in [1.807, 2.05) is 72.8 Å². The van der Waals surface area contributed by atoms with Crippen molar-refractivity contribution in [2.45, 2.75) is 27.5 Å². The highest BCUT2D eigenvalue weighted by molar-refractivity contribution is 7.99. The van der Waals surface area contributed by atoms with E-state index in [-0.39, 0.29) is 0 Å². The summed E-state index contributed by atoms with van der Waals surface area (Å²) in [4.78, 5) is 2.10. The molecule has 0 aliphatic carbocycles. The fourth-order valence-electron chi connectivity index (χ4n) is 6.62. The fraction of sp³-hybridized carbons (Fsp3) is 0.189. The first-order chi connectivity index (χ1) is 21.6. The van der Waals surface area contributed by atoms with Gasteiger partial charge in [0, 0.05) is 35.1 Å². The van der Waals surface area contributed by atoms with E-state index in [4.69, 9.17) is 28.4 Å². The molecule has 7 heteroatoms. The number of fused-ring (bicyclic) bond motifs is 6. The van der Waals surface area contributed by atoms with E-state index >= 15 is 0 Å². The normalized spacial score (nSPS) is 20.7. The maximum absolute atomic E-state index is 7.16. The molecule has 0 N–H and O–H groups in total. The molecule has 44 heavy (non-hydrogen) atoms. The summed E-state index contributed by atoms with van der Waals surface area (Å²) in [7, 11) is 5.05. The van der Waals surface area contributed by atoms with Crippen molar-refractivity contribution in [1.82, 2.24) is 0 Å². The lowest BCUT2D eigenvalue weighted by Gasteiger charge is -2.39. The Bertz CT molecular complexity index is 1890. The average Bonchev–Trinajstić information content (AvgIpc) is 3.53. The number of ether oxygens (including phenoxy) is 6. The highest BCUT2D eigenvalue weighted by Gasteiger charge is 2.52. The van der Waals surface area contributed by atoms with Crippen molar-refractivity contribution in [3.63, 3.8) is 0 Å². The molecule has 0 bridgehead atoms. The van der Waals surface area contributed by atoms with Crippen LogP contribution in [0.5, 0.6) is 17.2 Å². The molecule has 5 aromatic carbocycles. The SMILES string of the molecule is COc1ccc2c(c1)C1(OCC(c3cc(-c4ccccc4)cc4c3Sc3ccccc3C4(OC)OC)O1)c1ccccc1O2. The van der Waals surface area contributed by atoms with Crippen LogP contribution in [0.25, 0.3) is 11.1 Å². The zero-order valence-corrected chi connectivity index (χ0v) is 25.4. The lowest BCUT2D eigenvalue weighted by atomic mass is 9.89. The van der Waals surface area contributed by atoms with E-state index in [1.165, 1.54) is 0 Å². The smallest absolute Gasteiger partial charge is 0.230 e. The molecule has 0 saturated carbocycles. The van der Waals surface area contributed by atoms with E-state index in [0.29, 0.717) is 23.9 Å². The molecule has 0 aromatic heterocycles. The van der Waals surface area contributed by atoms with Crippen LogP contribution in [0.1, 0.15) is 33.9 Å². The summed E-state index contributed by atoms with van der Waals surface area (Å²) in [5.41, 5.74) is 6.62. The molecule has 0 radical (unpaired) electrons. The maximum Gasteiger partial charge on any atom is 0.230 e. The molecule has 6 nitrogen and oxygen atoms in total. The molecule has 220 valence electrons. The van der Waals surface area contributed by atoms with Gasteiger partial charge in [0.25, 0.3) is 0 Å². The molecule has 5 aromatic rings. The Morgan fingerprint density at radius 2 is 1.41 bits per heavy atom. The third-order valence-corrected chi connectivity index (χ3v) is 9.94. The second-order valence-electron chi connectivity index (χ2n) is 10.9. The van der Waals surface area contributed by atoms with Crippen LogP contribution in [0.4, 0.5) is 0 Å². The maximum atomic E-state index is 7.16. The lowest BCUT2D eigenvalue weighted by Crippen LogP contribution is -2.36. The summed E-state index contributed by atoms with van der Waals surface area (Å²) >= 11 is 1.71. The van der Waals surface area contributed by atoms with E-state index in [2.05, 4.69) is 36.4 Å². The van der Waals surface area contributed by atoms with Gasteiger partial charge in [0.1, 0.15) is 23.4 Å². The minimum Gasteiger partial charge on any atom is -0.497 e. The Balaban J connectivity index is 1.34. The quantitative estimate of drug-likeness (QED) is 0.187. The van der Waals surface area contributed by atoms with Crippen LogP contribution in [0.15, 0.2) is 119 Å². The number of para-hydroxylation sites is 1. The van der Waals surface area contributed by atoms with Crippen LogP contribution < -0.4 is 9.47 Å². The summed E-state index contributed by atoms with van der Waals surface area (Å²) in [6.07, 6.45) is -0.415. The molecule has 2 atom stereocenters. The van der Waals surface area contributed by atoms with Crippen molar-refractivity contribution in [2.75, 3.05) is 27.9 Å². The van der Waals surface area contributed by atoms with Crippen LogP contribution in [0.3, 0.4) is 0 Å². The second kappa shape index (κ2) is 10.5. The third kappa shape index (κ3) is 3.98. The Kier molecular flexibility index (Phi) is 6.55. The number of hydrogen-bond donors (Lipinski definition) is 0. The van der Waals surface area contributed by atoms with E-state index in [9.17, 15) is 0 Å². The van der Waals surface area contributed by atoms with Gasteiger partial charge in [0.15, 0.2) is 0 Å². The van der Waals surface area contributed by atoms with E-state index < -0.39 is 17.7 Å². The van der Waals surface area contributed by atoms with Crippen molar-refractivity contribution in [3.05, 3.63) is 137 Å². The fourth-order valence-corrected chi connectivity index (χ4v) is 7.91. The average molecular weight is 603 g/mol. The monoisotopic (exact) mass is 602 g/mol. The zero-order valence-electron chi connectivity index (χ0n) is 24.5. The minimum absolute atomic E-state index is 0.324. The number of benzene rings is 5. The van der Waals surface area contributed by atoms with Gasteiger partial charge in [-0.1, -0.05) is 72.4 Å². The van der Waals surface area contributed by atoms with Crippen molar-refractivity contribution in [2.24, 2.45) is 0 Å². The summed E-state index contributed by atoms with van der Waals surface area (Å²) in [6, 6.07) is 36.6.